The molecule has 33 heavy (non-hydrogen) atoms. The summed E-state index contributed by atoms with van der Waals surface area (Å²) >= 11 is 0. The summed E-state index contributed by atoms with van der Waals surface area (Å²) < 4.78 is 86.7. The monoisotopic (exact) mass is 476 g/mol. The maximum Gasteiger partial charge on any atom is 0.436 e. The third-order valence-corrected chi connectivity index (χ3v) is 4.91. The number of carbonyl (C=O) groups is 1. The fraction of sp³-hybridized carbons (Fsp3) is 0.368. The van der Waals surface area contributed by atoms with Gasteiger partial charge in [0.15, 0.2) is 11.7 Å². The highest BCUT2D eigenvalue weighted by Gasteiger charge is 2.40. The molecule has 0 bridgehead atoms. The Bertz CT molecular complexity index is 1090. The highest BCUT2D eigenvalue weighted by Crippen LogP contribution is 2.35. The normalized spacial score (nSPS) is 17.9. The lowest BCUT2D eigenvalue weighted by Crippen LogP contribution is -2.43. The molecule has 0 saturated heterocycles. The summed E-state index contributed by atoms with van der Waals surface area (Å²) in [6, 6.07) is 2.53. The topological polar surface area (TPSA) is 96.9 Å². The van der Waals surface area contributed by atoms with E-state index >= 15 is 0 Å². The van der Waals surface area contributed by atoms with Crippen molar-refractivity contribution in [1.29, 1.82) is 0 Å². The predicted molar refractivity (Wildman–Crippen MR) is 104 cm³/mol. The molecular weight excluding hydrogens is 458 g/mol. The van der Waals surface area contributed by atoms with Crippen molar-refractivity contribution < 1.29 is 35.9 Å². The first kappa shape index (κ1) is 24.1. The first-order valence-corrected chi connectivity index (χ1v) is 9.40. The summed E-state index contributed by atoms with van der Waals surface area (Å²) in [4.78, 5) is 26.0. The number of ether oxygens (including phenoxy) is 1. The Kier molecular flexibility index (Phi) is 6.65. The van der Waals surface area contributed by atoms with Crippen molar-refractivity contribution in [3.8, 4) is 5.88 Å². The molecular formula is C19H18F6N6O2. The molecule has 2 N–H and O–H groups in total. The van der Waals surface area contributed by atoms with Gasteiger partial charge in [0, 0.05) is 31.8 Å². The van der Waals surface area contributed by atoms with Gasteiger partial charge in [-0.25, -0.2) is 13.8 Å². The largest absolute Gasteiger partial charge is 0.479 e. The number of hydrogen-bond donors (Lipinski definition) is 1. The lowest BCUT2D eigenvalue weighted by Gasteiger charge is -2.28. The molecule has 0 saturated carbocycles. The second-order valence-electron chi connectivity index (χ2n) is 6.99. The standard InChI is InChI=1S/C19H18F6N6O2/c1-30-16(32)11(10-4-3-9(20)7-12(10)21)8-31(6-5-27-17(30)26)18-28-14(19(23,24)25)13(22)15(29-18)33-2/h3-4,7,11H,5-6,8H2,1-2H3,(H2,26,27)/t11-/m1/s1. The van der Waals surface area contributed by atoms with Crippen LogP contribution in [-0.4, -0.2) is 60.5 Å². The van der Waals surface area contributed by atoms with E-state index in [2.05, 4.69) is 19.7 Å². The molecule has 0 aliphatic carbocycles. The molecule has 14 heteroatoms. The summed E-state index contributed by atoms with van der Waals surface area (Å²) in [6.07, 6.45) is -5.17. The number of rotatable bonds is 3. The average molecular weight is 476 g/mol. The van der Waals surface area contributed by atoms with Crippen molar-refractivity contribution in [2.75, 3.05) is 38.7 Å². The molecule has 1 aromatic carbocycles. The number of aliphatic imine (C=N–C) groups is 1. The van der Waals surface area contributed by atoms with Gasteiger partial charge in [0.1, 0.15) is 11.6 Å². The van der Waals surface area contributed by atoms with Gasteiger partial charge >= 0.3 is 6.18 Å². The molecule has 2 heterocycles. The maximum atomic E-state index is 14.5. The van der Waals surface area contributed by atoms with Gasteiger partial charge in [-0.2, -0.15) is 22.5 Å². The molecule has 0 spiro atoms. The van der Waals surface area contributed by atoms with Gasteiger partial charge in [-0.1, -0.05) is 6.07 Å². The van der Waals surface area contributed by atoms with Crippen molar-refractivity contribution in [2.45, 2.75) is 12.1 Å². The molecule has 0 fully saturated rings. The Morgan fingerprint density at radius 2 is 1.88 bits per heavy atom. The number of amides is 1. The molecule has 0 radical (unpaired) electrons. The molecule has 8 nitrogen and oxygen atoms in total. The van der Waals surface area contributed by atoms with Crippen molar-refractivity contribution >= 4 is 17.8 Å². The minimum atomic E-state index is -5.17. The van der Waals surface area contributed by atoms with Crippen LogP contribution >= 0.6 is 0 Å². The Hall–Kier alpha value is -3.58. The fourth-order valence-corrected chi connectivity index (χ4v) is 3.20. The molecule has 1 aromatic heterocycles. The Labute approximate surface area is 183 Å². The van der Waals surface area contributed by atoms with E-state index < -0.39 is 59.5 Å². The van der Waals surface area contributed by atoms with Gasteiger partial charge in [0.2, 0.25) is 17.7 Å². The minimum absolute atomic E-state index is 0.105. The maximum absolute atomic E-state index is 14.5. The zero-order chi connectivity index (χ0) is 24.5. The van der Waals surface area contributed by atoms with E-state index in [4.69, 9.17) is 5.73 Å². The number of aromatic nitrogens is 2. The van der Waals surface area contributed by atoms with E-state index in [-0.39, 0.29) is 24.6 Å². The lowest BCUT2D eigenvalue weighted by molar-refractivity contribution is -0.144. The van der Waals surface area contributed by atoms with Crippen LogP contribution in [0.4, 0.5) is 32.3 Å². The second-order valence-corrected chi connectivity index (χ2v) is 6.99. The first-order valence-electron chi connectivity index (χ1n) is 9.40. The Morgan fingerprint density at radius 1 is 1.18 bits per heavy atom. The summed E-state index contributed by atoms with van der Waals surface area (Å²) in [5.41, 5.74) is 3.66. The number of nitrogens with zero attached hydrogens (tertiary/aromatic N) is 5. The zero-order valence-corrected chi connectivity index (χ0v) is 17.3. The highest BCUT2D eigenvalue weighted by atomic mass is 19.4. The van der Waals surface area contributed by atoms with Gasteiger partial charge in [-0.15, -0.1) is 0 Å². The number of likely N-dealkylation sites (N-methyl/N-ethyl adjacent to an activating group) is 1. The molecule has 1 atom stereocenters. The van der Waals surface area contributed by atoms with E-state index in [0.29, 0.717) is 6.07 Å². The smallest absolute Gasteiger partial charge is 0.436 e. The number of hydrogen-bond acceptors (Lipinski definition) is 7. The van der Waals surface area contributed by atoms with Gasteiger partial charge in [-0.3, -0.25) is 14.7 Å². The third-order valence-electron chi connectivity index (χ3n) is 4.91. The Balaban J connectivity index is 2.15. The van der Waals surface area contributed by atoms with Crippen LogP contribution < -0.4 is 15.4 Å². The number of guanidine groups is 1. The van der Waals surface area contributed by atoms with Crippen molar-refractivity contribution in [2.24, 2.45) is 10.7 Å². The molecule has 1 aliphatic heterocycles. The summed E-state index contributed by atoms with van der Waals surface area (Å²) in [6.45, 7) is -0.708. The van der Waals surface area contributed by atoms with Crippen LogP contribution in [0.25, 0.3) is 0 Å². The summed E-state index contributed by atoms with van der Waals surface area (Å²) in [7, 11) is 2.21. The molecule has 3 rings (SSSR count). The summed E-state index contributed by atoms with van der Waals surface area (Å²) in [5, 5.41) is 0. The minimum Gasteiger partial charge on any atom is -0.479 e. The van der Waals surface area contributed by atoms with Crippen molar-refractivity contribution in [3.63, 3.8) is 0 Å². The van der Waals surface area contributed by atoms with E-state index in [9.17, 15) is 31.1 Å². The van der Waals surface area contributed by atoms with Gasteiger partial charge < -0.3 is 15.4 Å². The number of anilines is 1. The lowest BCUT2D eigenvalue weighted by atomic mass is 9.96. The van der Waals surface area contributed by atoms with E-state index in [1.54, 1.807) is 0 Å². The first-order chi connectivity index (χ1) is 15.4. The zero-order valence-electron chi connectivity index (χ0n) is 17.3. The van der Waals surface area contributed by atoms with Crippen molar-refractivity contribution in [1.82, 2.24) is 14.9 Å². The second kappa shape index (κ2) is 9.11. The number of halogens is 6. The van der Waals surface area contributed by atoms with E-state index in [0.717, 1.165) is 29.0 Å². The number of carbonyl (C=O) groups excluding carboxylic acids is 1. The quantitative estimate of drug-likeness (QED) is 0.683. The Morgan fingerprint density at radius 3 is 2.48 bits per heavy atom. The van der Waals surface area contributed by atoms with Crippen LogP contribution in [0.1, 0.15) is 17.2 Å². The van der Waals surface area contributed by atoms with Crippen molar-refractivity contribution in [3.05, 3.63) is 46.9 Å². The van der Waals surface area contributed by atoms with Crippen LogP contribution in [0.5, 0.6) is 5.88 Å². The van der Waals surface area contributed by atoms with Crippen LogP contribution in [-0.2, 0) is 11.0 Å². The van der Waals surface area contributed by atoms with Crippen LogP contribution in [0.3, 0.4) is 0 Å². The van der Waals surface area contributed by atoms with Gasteiger partial charge in [-0.05, 0) is 6.07 Å². The van der Waals surface area contributed by atoms with Crippen LogP contribution in [0.15, 0.2) is 23.2 Å². The number of benzene rings is 1. The number of alkyl halides is 3. The molecule has 1 aliphatic rings. The molecule has 178 valence electrons. The van der Waals surface area contributed by atoms with Crippen LogP contribution in [0, 0.1) is 17.5 Å². The fourth-order valence-electron chi connectivity index (χ4n) is 3.20. The molecule has 0 unspecified atom stereocenters. The van der Waals surface area contributed by atoms with E-state index in [1.807, 2.05) is 0 Å². The van der Waals surface area contributed by atoms with Gasteiger partial charge in [0.25, 0.3) is 5.88 Å². The number of nitrogens with two attached hydrogens (primary N) is 1. The summed E-state index contributed by atoms with van der Waals surface area (Å²) in [5.74, 6) is -7.69. The van der Waals surface area contributed by atoms with Crippen LogP contribution in [0.2, 0.25) is 0 Å². The van der Waals surface area contributed by atoms with E-state index in [1.165, 1.54) is 7.05 Å². The van der Waals surface area contributed by atoms with Gasteiger partial charge in [0.05, 0.1) is 19.6 Å². The predicted octanol–water partition coefficient (Wildman–Crippen LogP) is 2.30. The SMILES string of the molecule is COc1nc(N2CCN=C(N)N(C)C(=O)[C@@H](c3ccc(F)cc3F)C2)nc(C(F)(F)F)c1F. The third kappa shape index (κ3) is 4.93. The molecule has 1 amide bonds. The molecule has 2 aromatic rings. The number of methoxy groups -OCH3 is 1. The highest BCUT2D eigenvalue weighted by molar-refractivity contribution is 5.99. The average Bonchev–Trinajstić information content (AvgIpc) is 2.79.